The van der Waals surface area contributed by atoms with Crippen LogP contribution in [-0.4, -0.2) is 19.6 Å². The molecule has 2 heterocycles. The second-order valence-electron chi connectivity index (χ2n) is 5.25. The van der Waals surface area contributed by atoms with Crippen molar-refractivity contribution in [3.63, 3.8) is 0 Å². The fourth-order valence-electron chi connectivity index (χ4n) is 1.98. The molecule has 1 unspecified atom stereocenters. The van der Waals surface area contributed by atoms with Gasteiger partial charge in [0.1, 0.15) is 0 Å². The summed E-state index contributed by atoms with van der Waals surface area (Å²) in [6.07, 6.45) is 8.31. The predicted octanol–water partition coefficient (Wildman–Crippen LogP) is 3.16. The quantitative estimate of drug-likeness (QED) is 0.812. The Morgan fingerprint density at radius 1 is 1.22 bits per heavy atom. The highest BCUT2D eigenvalue weighted by Gasteiger charge is 2.07. The highest BCUT2D eigenvalue weighted by molar-refractivity contribution is 5.05. The maximum atomic E-state index is 4.45. The van der Waals surface area contributed by atoms with E-state index in [1.54, 1.807) is 0 Å². The maximum Gasteiger partial charge on any atom is 0.0593 e. The fourth-order valence-corrected chi connectivity index (χ4v) is 1.98. The lowest BCUT2D eigenvalue weighted by atomic mass is 10.1. The summed E-state index contributed by atoms with van der Waals surface area (Å²) in [4.78, 5) is 0. The Kier molecular flexibility index (Phi) is 3.84. The van der Waals surface area contributed by atoms with Gasteiger partial charge < -0.3 is 0 Å². The van der Waals surface area contributed by atoms with Crippen molar-refractivity contribution in [2.24, 2.45) is 0 Å². The van der Waals surface area contributed by atoms with E-state index in [0.717, 1.165) is 18.5 Å². The minimum Gasteiger partial charge on any atom is -0.270 e. The Morgan fingerprint density at radius 3 is 2.56 bits per heavy atom. The van der Waals surface area contributed by atoms with Crippen LogP contribution in [0, 0.1) is 6.92 Å². The minimum absolute atomic E-state index is 0.432. The molecule has 0 aromatic carbocycles. The molecule has 0 aliphatic rings. The van der Waals surface area contributed by atoms with E-state index in [1.807, 2.05) is 28.6 Å². The number of nitrogens with zero attached hydrogens (tertiary/aromatic N) is 4. The second kappa shape index (κ2) is 5.38. The Morgan fingerprint density at radius 2 is 2.00 bits per heavy atom. The van der Waals surface area contributed by atoms with Gasteiger partial charge in [0.25, 0.3) is 0 Å². The van der Waals surface area contributed by atoms with Gasteiger partial charge in [-0.2, -0.15) is 10.2 Å². The molecule has 0 saturated carbocycles. The van der Waals surface area contributed by atoms with Crippen LogP contribution in [0.1, 0.15) is 50.5 Å². The van der Waals surface area contributed by atoms with Gasteiger partial charge in [-0.1, -0.05) is 0 Å². The Bertz CT molecular complexity index is 495. The molecule has 0 amide bonds. The van der Waals surface area contributed by atoms with Crippen LogP contribution < -0.4 is 0 Å². The van der Waals surface area contributed by atoms with Crippen molar-refractivity contribution in [1.29, 1.82) is 0 Å². The third kappa shape index (κ3) is 3.00. The zero-order chi connectivity index (χ0) is 13.1. The molecular weight excluding hydrogens is 224 g/mol. The van der Waals surface area contributed by atoms with Crippen LogP contribution in [0.5, 0.6) is 0 Å². The molecule has 0 N–H and O–H groups in total. The molecule has 18 heavy (non-hydrogen) atoms. The molecule has 2 aromatic heterocycles. The molecule has 2 aromatic rings. The standard InChI is InChI=1S/C14H22N4/c1-11(2)18-10-14(9-15-18)6-5-13(4)17-8-7-12(3)16-17/h7-11,13H,5-6H2,1-4H3. The highest BCUT2D eigenvalue weighted by Crippen LogP contribution is 2.15. The Balaban J connectivity index is 1.90. The molecule has 0 aliphatic carbocycles. The second-order valence-corrected chi connectivity index (χ2v) is 5.25. The molecule has 98 valence electrons. The Labute approximate surface area is 109 Å². The molecule has 0 aliphatic heterocycles. The molecule has 0 saturated heterocycles. The summed E-state index contributed by atoms with van der Waals surface area (Å²) in [5.41, 5.74) is 2.38. The van der Waals surface area contributed by atoms with E-state index in [9.17, 15) is 0 Å². The normalized spacial score (nSPS) is 13.2. The summed E-state index contributed by atoms with van der Waals surface area (Å²) < 4.78 is 4.06. The molecule has 0 spiro atoms. The van der Waals surface area contributed by atoms with E-state index in [0.29, 0.717) is 12.1 Å². The number of hydrogen-bond donors (Lipinski definition) is 0. The number of aromatic nitrogens is 4. The van der Waals surface area contributed by atoms with Crippen molar-refractivity contribution >= 4 is 0 Å². The summed E-state index contributed by atoms with van der Waals surface area (Å²) >= 11 is 0. The SMILES string of the molecule is Cc1ccn(C(C)CCc2cnn(C(C)C)c2)n1. The van der Waals surface area contributed by atoms with Crippen LogP contribution in [0.2, 0.25) is 0 Å². The number of rotatable bonds is 5. The lowest BCUT2D eigenvalue weighted by molar-refractivity contribution is 0.457. The monoisotopic (exact) mass is 246 g/mol. The fraction of sp³-hybridized carbons (Fsp3) is 0.571. The first-order valence-electron chi connectivity index (χ1n) is 6.61. The first kappa shape index (κ1) is 12.9. The minimum atomic E-state index is 0.432. The lowest BCUT2D eigenvalue weighted by Crippen LogP contribution is -2.07. The van der Waals surface area contributed by atoms with E-state index in [2.05, 4.69) is 43.4 Å². The summed E-state index contributed by atoms with van der Waals surface area (Å²) in [6, 6.07) is 2.92. The van der Waals surface area contributed by atoms with Gasteiger partial charge in [0.15, 0.2) is 0 Å². The van der Waals surface area contributed by atoms with Gasteiger partial charge >= 0.3 is 0 Å². The van der Waals surface area contributed by atoms with E-state index in [4.69, 9.17) is 0 Å². The molecule has 0 radical (unpaired) electrons. The first-order chi connectivity index (χ1) is 8.56. The lowest BCUT2D eigenvalue weighted by Gasteiger charge is -2.11. The molecular formula is C14H22N4. The van der Waals surface area contributed by atoms with Crippen LogP contribution in [0.4, 0.5) is 0 Å². The summed E-state index contributed by atoms with van der Waals surface area (Å²) in [6.45, 7) is 8.52. The highest BCUT2D eigenvalue weighted by atomic mass is 15.3. The first-order valence-corrected chi connectivity index (χ1v) is 6.61. The van der Waals surface area contributed by atoms with Crippen molar-refractivity contribution in [2.75, 3.05) is 0 Å². The maximum absolute atomic E-state index is 4.45. The van der Waals surface area contributed by atoms with Crippen LogP contribution >= 0.6 is 0 Å². The van der Waals surface area contributed by atoms with Crippen molar-refractivity contribution in [3.8, 4) is 0 Å². The zero-order valence-electron chi connectivity index (χ0n) is 11.7. The van der Waals surface area contributed by atoms with Crippen LogP contribution in [0.25, 0.3) is 0 Å². The van der Waals surface area contributed by atoms with Crippen molar-refractivity contribution in [2.45, 2.75) is 52.6 Å². The van der Waals surface area contributed by atoms with Crippen LogP contribution in [-0.2, 0) is 6.42 Å². The van der Waals surface area contributed by atoms with Gasteiger partial charge in [-0.3, -0.25) is 9.36 Å². The van der Waals surface area contributed by atoms with Gasteiger partial charge in [0, 0.05) is 24.5 Å². The molecule has 2 rings (SSSR count). The van der Waals surface area contributed by atoms with E-state index < -0.39 is 0 Å². The summed E-state index contributed by atoms with van der Waals surface area (Å²) in [5, 5.41) is 8.82. The molecule has 0 fully saturated rings. The number of aryl methyl sites for hydroxylation is 2. The van der Waals surface area contributed by atoms with Gasteiger partial charge in [0.05, 0.1) is 11.9 Å². The average molecular weight is 246 g/mol. The third-order valence-corrected chi connectivity index (χ3v) is 3.23. The molecule has 1 atom stereocenters. The van der Waals surface area contributed by atoms with Crippen molar-refractivity contribution in [3.05, 3.63) is 35.9 Å². The van der Waals surface area contributed by atoms with Crippen LogP contribution in [0.3, 0.4) is 0 Å². The van der Waals surface area contributed by atoms with Crippen molar-refractivity contribution in [1.82, 2.24) is 19.6 Å². The van der Waals surface area contributed by atoms with Gasteiger partial charge in [-0.15, -0.1) is 0 Å². The third-order valence-electron chi connectivity index (χ3n) is 3.23. The zero-order valence-corrected chi connectivity index (χ0v) is 11.7. The van der Waals surface area contributed by atoms with Crippen LogP contribution in [0.15, 0.2) is 24.7 Å². The summed E-state index contributed by atoms with van der Waals surface area (Å²) in [5.74, 6) is 0. The number of hydrogen-bond acceptors (Lipinski definition) is 2. The predicted molar refractivity (Wildman–Crippen MR) is 72.6 cm³/mol. The summed E-state index contributed by atoms with van der Waals surface area (Å²) in [7, 11) is 0. The van der Waals surface area contributed by atoms with E-state index in [1.165, 1.54) is 5.56 Å². The van der Waals surface area contributed by atoms with E-state index >= 15 is 0 Å². The average Bonchev–Trinajstić information content (AvgIpc) is 2.94. The topological polar surface area (TPSA) is 35.6 Å². The molecule has 4 nitrogen and oxygen atoms in total. The van der Waals surface area contributed by atoms with E-state index in [-0.39, 0.29) is 0 Å². The Hall–Kier alpha value is -1.58. The van der Waals surface area contributed by atoms with Gasteiger partial charge in [0.2, 0.25) is 0 Å². The van der Waals surface area contributed by atoms with Gasteiger partial charge in [-0.25, -0.2) is 0 Å². The largest absolute Gasteiger partial charge is 0.270 e. The molecule has 0 bridgehead atoms. The molecule has 4 heteroatoms. The van der Waals surface area contributed by atoms with Crippen molar-refractivity contribution < 1.29 is 0 Å². The van der Waals surface area contributed by atoms with Gasteiger partial charge in [-0.05, 0) is 52.2 Å². The smallest absolute Gasteiger partial charge is 0.0593 e.